The standard InChI is InChI=1S/C20H18N6O/c21-9-3-11-26(12-4-10-22)19-18(23)20(25-14-24-19)27-17-8-7-15-5-1-2-6-16(15)13-17/h1-2,5-8,13-14H,3-4,11-12,23H2. The van der Waals surface area contributed by atoms with Crippen molar-refractivity contribution in [3.8, 4) is 23.8 Å². The van der Waals surface area contributed by atoms with Gasteiger partial charge in [0, 0.05) is 13.1 Å². The summed E-state index contributed by atoms with van der Waals surface area (Å²) in [6.45, 7) is 0.851. The highest BCUT2D eigenvalue weighted by Gasteiger charge is 2.16. The van der Waals surface area contributed by atoms with Crippen LogP contribution in [0.1, 0.15) is 12.8 Å². The molecule has 27 heavy (non-hydrogen) atoms. The molecule has 1 heterocycles. The molecular weight excluding hydrogens is 340 g/mol. The third kappa shape index (κ3) is 4.23. The predicted octanol–water partition coefficient (Wildman–Crippen LogP) is 3.64. The lowest BCUT2D eigenvalue weighted by Crippen LogP contribution is -2.27. The molecule has 7 nitrogen and oxygen atoms in total. The molecule has 0 atom stereocenters. The van der Waals surface area contributed by atoms with E-state index in [0.29, 0.717) is 37.5 Å². The van der Waals surface area contributed by atoms with Crippen molar-refractivity contribution in [2.45, 2.75) is 12.8 Å². The van der Waals surface area contributed by atoms with Gasteiger partial charge in [0.25, 0.3) is 0 Å². The molecule has 0 fully saturated rings. The van der Waals surface area contributed by atoms with Crippen LogP contribution in [-0.2, 0) is 0 Å². The Kier molecular flexibility index (Phi) is 5.66. The van der Waals surface area contributed by atoms with Crippen LogP contribution in [0.25, 0.3) is 10.8 Å². The van der Waals surface area contributed by atoms with E-state index in [4.69, 9.17) is 21.0 Å². The molecule has 0 unspecified atom stereocenters. The maximum absolute atomic E-state index is 8.86. The Morgan fingerprint density at radius 3 is 2.37 bits per heavy atom. The van der Waals surface area contributed by atoms with Crippen LogP contribution in [0.2, 0.25) is 0 Å². The third-order valence-electron chi connectivity index (χ3n) is 4.05. The smallest absolute Gasteiger partial charge is 0.248 e. The molecule has 0 aliphatic heterocycles. The number of hydrogen-bond acceptors (Lipinski definition) is 7. The van der Waals surface area contributed by atoms with Gasteiger partial charge in [-0.25, -0.2) is 4.98 Å². The molecule has 1 aromatic heterocycles. The van der Waals surface area contributed by atoms with E-state index in [1.54, 1.807) is 4.90 Å². The Hall–Kier alpha value is -3.84. The van der Waals surface area contributed by atoms with E-state index in [2.05, 4.69) is 22.1 Å². The van der Waals surface area contributed by atoms with Crippen LogP contribution < -0.4 is 15.4 Å². The van der Waals surface area contributed by atoms with Crippen molar-refractivity contribution in [3.05, 3.63) is 48.8 Å². The number of fused-ring (bicyclic) bond motifs is 1. The lowest BCUT2D eigenvalue weighted by Gasteiger charge is -2.23. The van der Waals surface area contributed by atoms with E-state index in [1.165, 1.54) is 6.33 Å². The topological polar surface area (TPSA) is 112 Å². The van der Waals surface area contributed by atoms with Crippen molar-refractivity contribution in [2.24, 2.45) is 0 Å². The largest absolute Gasteiger partial charge is 0.437 e. The normalized spacial score (nSPS) is 10.1. The zero-order valence-electron chi connectivity index (χ0n) is 14.7. The van der Waals surface area contributed by atoms with E-state index >= 15 is 0 Å². The fraction of sp³-hybridized carbons (Fsp3) is 0.200. The maximum Gasteiger partial charge on any atom is 0.248 e. The highest BCUT2D eigenvalue weighted by atomic mass is 16.5. The van der Waals surface area contributed by atoms with Crippen LogP contribution in [0.5, 0.6) is 11.6 Å². The summed E-state index contributed by atoms with van der Waals surface area (Å²) in [7, 11) is 0. The van der Waals surface area contributed by atoms with Gasteiger partial charge in [0.05, 0.1) is 25.0 Å². The summed E-state index contributed by atoms with van der Waals surface area (Å²) in [6.07, 6.45) is 1.97. The summed E-state index contributed by atoms with van der Waals surface area (Å²) in [5, 5.41) is 19.9. The molecule has 0 aliphatic carbocycles. The minimum absolute atomic E-state index is 0.245. The Bertz CT molecular complexity index is 1000. The Labute approximate surface area is 157 Å². The first kappa shape index (κ1) is 18.0. The lowest BCUT2D eigenvalue weighted by molar-refractivity contribution is 0.464. The molecular formula is C20H18N6O. The number of aromatic nitrogens is 2. The van der Waals surface area contributed by atoms with Gasteiger partial charge in [0.1, 0.15) is 17.8 Å². The number of hydrogen-bond donors (Lipinski definition) is 1. The molecule has 0 saturated carbocycles. The van der Waals surface area contributed by atoms with Gasteiger partial charge >= 0.3 is 0 Å². The Morgan fingerprint density at radius 2 is 1.67 bits per heavy atom. The highest BCUT2D eigenvalue weighted by Crippen LogP contribution is 2.32. The molecule has 2 N–H and O–H groups in total. The van der Waals surface area contributed by atoms with Crippen LogP contribution >= 0.6 is 0 Å². The minimum Gasteiger partial charge on any atom is -0.437 e. The monoisotopic (exact) mass is 358 g/mol. The highest BCUT2D eigenvalue weighted by molar-refractivity contribution is 5.83. The van der Waals surface area contributed by atoms with Crippen molar-refractivity contribution in [1.82, 2.24) is 9.97 Å². The van der Waals surface area contributed by atoms with E-state index in [0.717, 1.165) is 10.8 Å². The second-order valence-electron chi connectivity index (χ2n) is 5.83. The first-order chi connectivity index (χ1) is 13.2. The third-order valence-corrected chi connectivity index (χ3v) is 4.05. The zero-order chi connectivity index (χ0) is 19.1. The second-order valence-corrected chi connectivity index (χ2v) is 5.83. The van der Waals surface area contributed by atoms with Crippen molar-refractivity contribution < 1.29 is 4.74 Å². The molecule has 0 spiro atoms. The SMILES string of the molecule is N#CCCN(CCC#N)c1ncnc(Oc2ccc3ccccc3c2)c1N. The molecule has 0 aliphatic rings. The van der Waals surface area contributed by atoms with Gasteiger partial charge in [-0.05, 0) is 22.9 Å². The quantitative estimate of drug-likeness (QED) is 0.686. The van der Waals surface area contributed by atoms with Crippen molar-refractivity contribution in [2.75, 3.05) is 23.7 Å². The van der Waals surface area contributed by atoms with Crippen LogP contribution in [0.4, 0.5) is 11.5 Å². The lowest BCUT2D eigenvalue weighted by atomic mass is 10.1. The summed E-state index contributed by atoms with van der Waals surface area (Å²) in [5.74, 6) is 1.33. The summed E-state index contributed by atoms with van der Waals surface area (Å²) < 4.78 is 5.88. The van der Waals surface area contributed by atoms with Gasteiger partial charge in [0.2, 0.25) is 5.88 Å². The van der Waals surface area contributed by atoms with Gasteiger partial charge in [-0.1, -0.05) is 30.3 Å². The molecule has 0 radical (unpaired) electrons. The molecule has 0 amide bonds. The van der Waals surface area contributed by atoms with Gasteiger partial charge in [0.15, 0.2) is 5.82 Å². The average molecular weight is 358 g/mol. The Morgan fingerprint density at radius 1 is 0.963 bits per heavy atom. The predicted molar refractivity (Wildman–Crippen MR) is 103 cm³/mol. The van der Waals surface area contributed by atoms with Gasteiger partial charge in [-0.15, -0.1) is 0 Å². The van der Waals surface area contributed by atoms with Crippen LogP contribution in [0.3, 0.4) is 0 Å². The fourth-order valence-electron chi connectivity index (χ4n) is 2.74. The molecule has 0 bridgehead atoms. The van der Waals surface area contributed by atoms with Crippen LogP contribution in [0.15, 0.2) is 48.8 Å². The van der Waals surface area contributed by atoms with Gasteiger partial charge in [-0.2, -0.15) is 15.5 Å². The molecule has 2 aromatic carbocycles. The minimum atomic E-state index is 0.245. The summed E-state index contributed by atoms with van der Waals surface area (Å²) in [5.41, 5.74) is 6.51. The maximum atomic E-state index is 8.86. The van der Waals surface area contributed by atoms with Crippen LogP contribution in [-0.4, -0.2) is 23.1 Å². The first-order valence-electron chi connectivity index (χ1n) is 8.49. The number of nitrogen functional groups attached to an aromatic ring is 1. The zero-order valence-corrected chi connectivity index (χ0v) is 14.7. The van der Waals surface area contributed by atoms with E-state index < -0.39 is 0 Å². The Balaban J connectivity index is 1.88. The van der Waals surface area contributed by atoms with Crippen molar-refractivity contribution >= 4 is 22.3 Å². The number of benzene rings is 2. The van der Waals surface area contributed by atoms with Gasteiger partial charge in [-0.3, -0.25) is 0 Å². The van der Waals surface area contributed by atoms with E-state index in [9.17, 15) is 0 Å². The number of rotatable bonds is 7. The second kappa shape index (κ2) is 8.50. The van der Waals surface area contributed by atoms with Gasteiger partial charge < -0.3 is 15.4 Å². The summed E-state index contributed by atoms with van der Waals surface area (Å²) >= 11 is 0. The molecule has 3 rings (SSSR count). The summed E-state index contributed by atoms with van der Waals surface area (Å²) in [4.78, 5) is 10.2. The number of ether oxygens (including phenoxy) is 1. The van der Waals surface area contributed by atoms with Crippen molar-refractivity contribution in [3.63, 3.8) is 0 Å². The number of nitrogens with two attached hydrogens (primary N) is 1. The molecule has 134 valence electrons. The summed E-state index contributed by atoms with van der Waals surface area (Å²) in [6, 6.07) is 17.9. The van der Waals surface area contributed by atoms with E-state index in [-0.39, 0.29) is 11.6 Å². The number of nitriles is 2. The first-order valence-corrected chi connectivity index (χ1v) is 8.49. The van der Waals surface area contributed by atoms with Crippen molar-refractivity contribution in [1.29, 1.82) is 10.5 Å². The van der Waals surface area contributed by atoms with E-state index in [1.807, 2.05) is 42.5 Å². The molecule has 7 heteroatoms. The molecule has 3 aromatic rings. The number of anilines is 2. The fourth-order valence-corrected chi connectivity index (χ4v) is 2.74. The number of nitrogens with zero attached hydrogens (tertiary/aromatic N) is 5. The van der Waals surface area contributed by atoms with Crippen LogP contribution in [0, 0.1) is 22.7 Å². The molecule has 0 saturated heterocycles. The average Bonchev–Trinajstić information content (AvgIpc) is 2.70.